The van der Waals surface area contributed by atoms with Gasteiger partial charge in [-0.1, -0.05) is 17.7 Å². The van der Waals surface area contributed by atoms with Crippen molar-refractivity contribution in [3.8, 4) is 11.5 Å². The Kier molecular flexibility index (Phi) is 9.99. The van der Waals surface area contributed by atoms with Gasteiger partial charge in [0.15, 0.2) is 17.5 Å². The van der Waals surface area contributed by atoms with Gasteiger partial charge >= 0.3 is 0 Å². The third-order valence-electron chi connectivity index (χ3n) is 3.44. The molecule has 0 aliphatic rings. The molecule has 5 nitrogen and oxygen atoms in total. The highest BCUT2D eigenvalue weighted by molar-refractivity contribution is 14.0. The van der Waals surface area contributed by atoms with Crippen LogP contribution in [0.15, 0.2) is 35.3 Å². The highest BCUT2D eigenvalue weighted by Crippen LogP contribution is 2.27. The number of guanidine groups is 1. The fourth-order valence-corrected chi connectivity index (χ4v) is 3.28. The fourth-order valence-electron chi connectivity index (χ4n) is 2.20. The van der Waals surface area contributed by atoms with Crippen LogP contribution < -0.4 is 20.5 Å². The van der Waals surface area contributed by atoms with Gasteiger partial charge in [-0.3, -0.25) is 4.99 Å². The molecule has 1 aromatic carbocycles. The second-order valence-electron chi connectivity index (χ2n) is 5.09. The van der Waals surface area contributed by atoms with Crippen LogP contribution >= 0.6 is 46.9 Å². The summed E-state index contributed by atoms with van der Waals surface area (Å²) in [5.41, 5.74) is 7.02. The zero-order valence-electron chi connectivity index (χ0n) is 14.3. The summed E-state index contributed by atoms with van der Waals surface area (Å²) in [5.74, 6) is 1.91. The van der Waals surface area contributed by atoms with Gasteiger partial charge in [-0.15, -0.1) is 35.3 Å². The van der Waals surface area contributed by atoms with Crippen LogP contribution in [0.2, 0.25) is 4.34 Å². The molecule has 1 heterocycles. The molecule has 138 valence electrons. The first-order valence-corrected chi connectivity index (χ1v) is 8.80. The van der Waals surface area contributed by atoms with Gasteiger partial charge in [-0.25, -0.2) is 0 Å². The number of nitrogens with two attached hydrogens (primary N) is 1. The minimum atomic E-state index is 0. The van der Waals surface area contributed by atoms with Crippen LogP contribution in [0.25, 0.3) is 0 Å². The highest BCUT2D eigenvalue weighted by Gasteiger charge is 2.04. The van der Waals surface area contributed by atoms with E-state index < -0.39 is 0 Å². The number of nitrogens with zero attached hydrogens (tertiary/aromatic N) is 1. The smallest absolute Gasteiger partial charge is 0.188 e. The first-order valence-electron chi connectivity index (χ1n) is 7.61. The molecule has 0 unspecified atom stereocenters. The van der Waals surface area contributed by atoms with E-state index in [9.17, 15) is 0 Å². The predicted molar refractivity (Wildman–Crippen MR) is 116 cm³/mol. The first kappa shape index (κ1) is 21.9. The third-order valence-corrected chi connectivity index (χ3v) is 4.73. The van der Waals surface area contributed by atoms with E-state index in [1.807, 2.05) is 30.3 Å². The summed E-state index contributed by atoms with van der Waals surface area (Å²) in [6.45, 7) is 1.35. The fraction of sp³-hybridized carbons (Fsp3) is 0.353. The van der Waals surface area contributed by atoms with Crippen molar-refractivity contribution in [1.82, 2.24) is 5.32 Å². The molecule has 0 radical (unpaired) electrons. The number of aliphatic imine (C=N–C) groups is 1. The Morgan fingerprint density at radius 3 is 2.56 bits per heavy atom. The number of benzene rings is 1. The second-order valence-corrected chi connectivity index (χ2v) is 6.89. The van der Waals surface area contributed by atoms with Gasteiger partial charge in [0.2, 0.25) is 0 Å². The van der Waals surface area contributed by atoms with Crippen LogP contribution in [0.1, 0.15) is 10.4 Å². The number of methoxy groups -OCH3 is 2. The molecule has 3 N–H and O–H groups in total. The van der Waals surface area contributed by atoms with E-state index in [1.165, 1.54) is 4.88 Å². The normalized spacial score (nSPS) is 10.9. The van der Waals surface area contributed by atoms with Crippen LogP contribution in [0.3, 0.4) is 0 Å². The molecular weight excluding hydrogens is 473 g/mol. The summed E-state index contributed by atoms with van der Waals surface area (Å²) in [6.07, 6.45) is 1.66. The first-order chi connectivity index (χ1) is 11.6. The lowest BCUT2D eigenvalue weighted by molar-refractivity contribution is 0.354. The van der Waals surface area contributed by atoms with Gasteiger partial charge < -0.3 is 20.5 Å². The molecule has 0 amide bonds. The number of nitrogens with one attached hydrogen (secondary N) is 1. The molecule has 2 rings (SSSR count). The number of thiophene rings is 1. The summed E-state index contributed by atoms with van der Waals surface area (Å²) < 4.78 is 11.3. The Balaban J connectivity index is 0.00000312. The van der Waals surface area contributed by atoms with Crippen molar-refractivity contribution in [1.29, 1.82) is 0 Å². The van der Waals surface area contributed by atoms with E-state index in [-0.39, 0.29) is 24.0 Å². The van der Waals surface area contributed by atoms with Crippen LogP contribution in [-0.4, -0.2) is 33.3 Å². The van der Waals surface area contributed by atoms with E-state index in [1.54, 1.807) is 25.6 Å². The van der Waals surface area contributed by atoms with Crippen molar-refractivity contribution in [3.63, 3.8) is 0 Å². The minimum Gasteiger partial charge on any atom is -0.493 e. The Morgan fingerprint density at radius 1 is 1.16 bits per heavy atom. The predicted octanol–water partition coefficient (Wildman–Crippen LogP) is 3.73. The molecule has 2 aromatic rings. The van der Waals surface area contributed by atoms with E-state index >= 15 is 0 Å². The van der Waals surface area contributed by atoms with E-state index in [2.05, 4.69) is 10.3 Å². The van der Waals surface area contributed by atoms with Crippen molar-refractivity contribution in [2.24, 2.45) is 10.7 Å². The molecule has 1 aromatic heterocycles. The maximum absolute atomic E-state index is 5.90. The molecule has 25 heavy (non-hydrogen) atoms. The highest BCUT2D eigenvalue weighted by atomic mass is 127. The zero-order chi connectivity index (χ0) is 17.4. The van der Waals surface area contributed by atoms with Crippen molar-refractivity contribution < 1.29 is 9.47 Å². The third kappa shape index (κ3) is 7.29. The summed E-state index contributed by atoms with van der Waals surface area (Å²) in [4.78, 5) is 5.53. The van der Waals surface area contributed by atoms with Crippen molar-refractivity contribution >= 4 is 52.9 Å². The van der Waals surface area contributed by atoms with Gasteiger partial charge in [-0.2, -0.15) is 0 Å². The minimum absolute atomic E-state index is 0. The lowest BCUT2D eigenvalue weighted by Gasteiger charge is -2.10. The molecule has 0 saturated heterocycles. The zero-order valence-corrected chi connectivity index (χ0v) is 18.2. The van der Waals surface area contributed by atoms with Crippen molar-refractivity contribution in [2.75, 3.05) is 27.3 Å². The lowest BCUT2D eigenvalue weighted by atomic mass is 10.1. The lowest BCUT2D eigenvalue weighted by Crippen LogP contribution is -2.33. The molecule has 0 fully saturated rings. The molecule has 0 aliphatic carbocycles. The van der Waals surface area contributed by atoms with Gasteiger partial charge in [0, 0.05) is 24.4 Å². The second kappa shape index (κ2) is 11.4. The Morgan fingerprint density at radius 2 is 1.92 bits per heavy atom. The number of halogens is 2. The largest absolute Gasteiger partial charge is 0.493 e. The van der Waals surface area contributed by atoms with Crippen molar-refractivity contribution in [3.05, 3.63) is 45.1 Å². The number of ether oxygens (including phenoxy) is 2. The maximum atomic E-state index is 5.90. The quantitative estimate of drug-likeness (QED) is 0.333. The number of rotatable bonds is 8. The summed E-state index contributed by atoms with van der Waals surface area (Å²) in [5, 5.41) is 3.12. The SMILES string of the molecule is COc1ccc(CCNC(N)=NCCc2ccc(Cl)s2)cc1OC.I. The van der Waals surface area contributed by atoms with Crippen LogP contribution in [-0.2, 0) is 12.8 Å². The standard InChI is InChI=1S/C17H22ClN3O2S.HI/c1-22-14-5-3-12(11-15(14)23-2)7-9-20-17(19)21-10-8-13-4-6-16(18)24-13;/h3-6,11H,7-10H2,1-2H3,(H3,19,20,21);1H. The molecule has 0 aliphatic heterocycles. The Bertz CT molecular complexity index is 694. The van der Waals surface area contributed by atoms with E-state index in [4.69, 9.17) is 26.8 Å². The van der Waals surface area contributed by atoms with Gasteiger partial charge in [0.05, 0.1) is 18.6 Å². The summed E-state index contributed by atoms with van der Waals surface area (Å²) >= 11 is 7.47. The summed E-state index contributed by atoms with van der Waals surface area (Å²) in [6, 6.07) is 9.79. The monoisotopic (exact) mass is 495 g/mol. The maximum Gasteiger partial charge on any atom is 0.188 e. The Labute approximate surface area is 174 Å². The van der Waals surface area contributed by atoms with Gasteiger partial charge in [0.1, 0.15) is 0 Å². The average molecular weight is 496 g/mol. The van der Waals surface area contributed by atoms with Crippen LogP contribution in [0.5, 0.6) is 11.5 Å². The van der Waals surface area contributed by atoms with E-state index in [0.29, 0.717) is 19.0 Å². The molecule has 0 saturated carbocycles. The summed E-state index contributed by atoms with van der Waals surface area (Å²) in [7, 11) is 3.26. The molecule has 8 heteroatoms. The topological polar surface area (TPSA) is 68.9 Å². The number of hydrogen-bond donors (Lipinski definition) is 2. The molecule has 0 atom stereocenters. The van der Waals surface area contributed by atoms with Crippen molar-refractivity contribution in [2.45, 2.75) is 12.8 Å². The van der Waals surface area contributed by atoms with Crippen LogP contribution in [0, 0.1) is 0 Å². The van der Waals surface area contributed by atoms with Gasteiger partial charge in [-0.05, 0) is 36.2 Å². The Hall–Kier alpha value is -1.19. The van der Waals surface area contributed by atoms with Crippen LogP contribution in [0.4, 0.5) is 0 Å². The molecular formula is C17H23ClIN3O2S. The van der Waals surface area contributed by atoms with E-state index in [0.717, 1.165) is 34.2 Å². The average Bonchev–Trinajstić information content (AvgIpc) is 3.00. The number of hydrogen-bond acceptors (Lipinski definition) is 4. The van der Waals surface area contributed by atoms with Gasteiger partial charge in [0.25, 0.3) is 0 Å². The molecule has 0 spiro atoms. The molecule has 0 bridgehead atoms.